The molecule has 0 saturated heterocycles. The van der Waals surface area contributed by atoms with Gasteiger partial charge in [0.25, 0.3) is 0 Å². The lowest BCUT2D eigenvalue weighted by Crippen LogP contribution is -2.22. The van der Waals surface area contributed by atoms with E-state index in [-0.39, 0.29) is 19.0 Å². The summed E-state index contributed by atoms with van der Waals surface area (Å²) in [5, 5.41) is 9.62. The van der Waals surface area contributed by atoms with Crippen molar-refractivity contribution in [2.24, 2.45) is 0 Å². The van der Waals surface area contributed by atoms with Crippen molar-refractivity contribution in [1.29, 1.82) is 0 Å². The third-order valence-corrected chi connectivity index (χ3v) is 3.57. The van der Waals surface area contributed by atoms with Crippen molar-refractivity contribution in [3.8, 4) is 0 Å². The van der Waals surface area contributed by atoms with Crippen LogP contribution in [0.2, 0.25) is 0 Å². The van der Waals surface area contributed by atoms with Gasteiger partial charge in [-0.25, -0.2) is 24.5 Å². The van der Waals surface area contributed by atoms with Gasteiger partial charge in [-0.3, -0.25) is 4.57 Å². The van der Waals surface area contributed by atoms with E-state index in [0.29, 0.717) is 11.2 Å². The number of anilines is 1. The van der Waals surface area contributed by atoms with E-state index < -0.39 is 30.9 Å². The Morgan fingerprint density at radius 1 is 1.14 bits per heavy atom. The molecule has 3 N–H and O–H groups in total. The standard InChI is InChI=1S/C18H23N5O6/c1-3-27-14(25)7-5-12(9-24)29-13(6-8-15(26)28-4-2)23-11-22-16-17(19)20-10-21-18(16)23/h5-8,10-13,24H,3-4,9H2,1-2H3,(H2,19,20,21). The van der Waals surface area contributed by atoms with Gasteiger partial charge in [0.2, 0.25) is 0 Å². The molecule has 0 radical (unpaired) electrons. The van der Waals surface area contributed by atoms with Crippen molar-refractivity contribution >= 4 is 28.9 Å². The normalized spacial score (nSPS) is 13.8. The summed E-state index contributed by atoms with van der Waals surface area (Å²) in [6, 6.07) is 0. The van der Waals surface area contributed by atoms with Crippen LogP contribution < -0.4 is 5.73 Å². The van der Waals surface area contributed by atoms with Gasteiger partial charge in [0, 0.05) is 12.2 Å². The highest BCUT2D eigenvalue weighted by Gasteiger charge is 2.19. The lowest BCUT2D eigenvalue weighted by molar-refractivity contribution is -0.138. The zero-order valence-corrected chi connectivity index (χ0v) is 16.1. The third-order valence-electron chi connectivity index (χ3n) is 3.57. The van der Waals surface area contributed by atoms with E-state index in [1.807, 2.05) is 0 Å². The quantitative estimate of drug-likeness (QED) is 0.423. The molecule has 2 atom stereocenters. The molecular weight excluding hydrogens is 382 g/mol. The fraction of sp³-hybridized carbons (Fsp3) is 0.389. The first-order chi connectivity index (χ1) is 14.0. The molecule has 0 aromatic carbocycles. The molecular formula is C18H23N5O6. The minimum Gasteiger partial charge on any atom is -0.463 e. The number of carbonyl (C=O) groups is 2. The number of ether oxygens (including phenoxy) is 3. The number of fused-ring (bicyclic) bond motifs is 1. The van der Waals surface area contributed by atoms with E-state index in [2.05, 4.69) is 15.0 Å². The molecule has 2 rings (SSSR count). The van der Waals surface area contributed by atoms with Crippen LogP contribution in [0.1, 0.15) is 20.1 Å². The molecule has 0 fully saturated rings. The van der Waals surface area contributed by atoms with Gasteiger partial charge < -0.3 is 25.1 Å². The Balaban J connectivity index is 2.32. The molecule has 0 aliphatic carbocycles. The van der Waals surface area contributed by atoms with Crippen molar-refractivity contribution in [3.63, 3.8) is 0 Å². The lowest BCUT2D eigenvalue weighted by atomic mass is 10.3. The van der Waals surface area contributed by atoms with Gasteiger partial charge in [-0.2, -0.15) is 0 Å². The number of aliphatic hydroxyl groups is 1. The van der Waals surface area contributed by atoms with Crippen LogP contribution in [0.25, 0.3) is 11.2 Å². The Morgan fingerprint density at radius 2 is 1.79 bits per heavy atom. The summed E-state index contributed by atoms with van der Waals surface area (Å²) < 4.78 is 17.0. The molecule has 0 aliphatic heterocycles. The molecule has 29 heavy (non-hydrogen) atoms. The summed E-state index contributed by atoms with van der Waals surface area (Å²) >= 11 is 0. The molecule has 0 amide bonds. The summed E-state index contributed by atoms with van der Waals surface area (Å²) in [5.41, 5.74) is 6.52. The summed E-state index contributed by atoms with van der Waals surface area (Å²) in [4.78, 5) is 35.4. The maximum atomic E-state index is 11.7. The fourth-order valence-electron chi connectivity index (χ4n) is 2.32. The van der Waals surface area contributed by atoms with Crippen LogP contribution in [0, 0.1) is 0 Å². The van der Waals surface area contributed by atoms with Gasteiger partial charge >= 0.3 is 11.9 Å². The first-order valence-corrected chi connectivity index (χ1v) is 8.89. The van der Waals surface area contributed by atoms with Crippen molar-refractivity contribution in [3.05, 3.63) is 37.0 Å². The van der Waals surface area contributed by atoms with Crippen molar-refractivity contribution in [2.75, 3.05) is 25.6 Å². The molecule has 0 bridgehead atoms. The molecule has 2 aromatic heterocycles. The predicted molar refractivity (Wildman–Crippen MR) is 102 cm³/mol. The fourth-order valence-corrected chi connectivity index (χ4v) is 2.32. The molecule has 11 nitrogen and oxygen atoms in total. The highest BCUT2D eigenvalue weighted by Crippen LogP contribution is 2.22. The second kappa shape index (κ2) is 10.9. The zero-order valence-electron chi connectivity index (χ0n) is 16.1. The van der Waals surface area contributed by atoms with Gasteiger partial charge in [0.1, 0.15) is 17.9 Å². The summed E-state index contributed by atoms with van der Waals surface area (Å²) in [6.45, 7) is 3.38. The summed E-state index contributed by atoms with van der Waals surface area (Å²) in [5.74, 6) is -0.952. The molecule has 0 aliphatic rings. The van der Waals surface area contributed by atoms with Crippen LogP contribution in [0.5, 0.6) is 0 Å². The molecule has 2 unspecified atom stereocenters. The molecule has 2 aromatic rings. The average Bonchev–Trinajstić information content (AvgIpc) is 3.13. The minimum absolute atomic E-state index is 0.183. The molecule has 2 heterocycles. The minimum atomic E-state index is -0.914. The molecule has 11 heteroatoms. The number of imidazole rings is 1. The summed E-state index contributed by atoms with van der Waals surface area (Å²) in [7, 11) is 0. The van der Waals surface area contributed by atoms with Crippen LogP contribution in [-0.2, 0) is 23.8 Å². The van der Waals surface area contributed by atoms with Crippen molar-refractivity contribution in [1.82, 2.24) is 19.5 Å². The van der Waals surface area contributed by atoms with E-state index in [4.69, 9.17) is 19.9 Å². The Bertz CT molecular complexity index is 894. The van der Waals surface area contributed by atoms with Gasteiger partial charge in [0.05, 0.1) is 26.1 Å². The number of rotatable bonds is 10. The van der Waals surface area contributed by atoms with Crippen LogP contribution >= 0.6 is 0 Å². The SMILES string of the molecule is CCOC(=O)C=CC(CO)OC(C=CC(=O)OCC)n1cnc2c(N)ncnc21. The topological polar surface area (TPSA) is 152 Å². The maximum Gasteiger partial charge on any atom is 0.330 e. The Labute approximate surface area is 166 Å². The van der Waals surface area contributed by atoms with Crippen LogP contribution in [-0.4, -0.2) is 62.5 Å². The first-order valence-electron chi connectivity index (χ1n) is 8.89. The third kappa shape index (κ3) is 6.09. The van der Waals surface area contributed by atoms with Gasteiger partial charge in [-0.15, -0.1) is 0 Å². The monoisotopic (exact) mass is 405 g/mol. The first kappa shape index (κ1) is 22.0. The summed E-state index contributed by atoms with van der Waals surface area (Å²) in [6.07, 6.45) is 6.00. The van der Waals surface area contributed by atoms with Crippen molar-refractivity contribution in [2.45, 2.75) is 26.2 Å². The number of nitrogen functional groups attached to an aromatic ring is 1. The number of aliphatic hydroxyl groups excluding tert-OH is 1. The van der Waals surface area contributed by atoms with E-state index in [1.165, 1.54) is 35.4 Å². The maximum absolute atomic E-state index is 11.7. The Morgan fingerprint density at radius 3 is 2.41 bits per heavy atom. The molecule has 156 valence electrons. The van der Waals surface area contributed by atoms with Gasteiger partial charge in [0.15, 0.2) is 17.7 Å². The smallest absolute Gasteiger partial charge is 0.330 e. The van der Waals surface area contributed by atoms with E-state index in [0.717, 1.165) is 6.08 Å². The lowest BCUT2D eigenvalue weighted by Gasteiger charge is -2.20. The number of carbonyl (C=O) groups excluding carboxylic acids is 2. The number of nitrogens with zero attached hydrogens (tertiary/aromatic N) is 4. The van der Waals surface area contributed by atoms with Crippen LogP contribution in [0.15, 0.2) is 37.0 Å². The largest absolute Gasteiger partial charge is 0.463 e. The zero-order chi connectivity index (χ0) is 21.2. The van der Waals surface area contributed by atoms with Crippen molar-refractivity contribution < 1.29 is 28.9 Å². The molecule has 0 spiro atoms. The van der Waals surface area contributed by atoms with Crippen LogP contribution in [0.3, 0.4) is 0 Å². The Hall–Kier alpha value is -3.31. The second-order valence-corrected chi connectivity index (χ2v) is 5.55. The molecule has 0 saturated carbocycles. The highest BCUT2D eigenvalue weighted by molar-refractivity contribution is 5.83. The van der Waals surface area contributed by atoms with Gasteiger partial charge in [-0.05, 0) is 26.0 Å². The number of esters is 2. The number of hydrogen-bond donors (Lipinski definition) is 2. The van der Waals surface area contributed by atoms with E-state index in [9.17, 15) is 14.7 Å². The second-order valence-electron chi connectivity index (χ2n) is 5.55. The van der Waals surface area contributed by atoms with Crippen LogP contribution in [0.4, 0.5) is 5.82 Å². The number of nitrogens with two attached hydrogens (primary N) is 1. The Kier molecular flexibility index (Phi) is 8.25. The van der Waals surface area contributed by atoms with E-state index in [1.54, 1.807) is 13.8 Å². The predicted octanol–water partition coefficient (Wildman–Crippen LogP) is 0.523. The number of aromatic nitrogens is 4. The van der Waals surface area contributed by atoms with Gasteiger partial charge in [-0.1, -0.05) is 0 Å². The van der Waals surface area contributed by atoms with E-state index >= 15 is 0 Å². The average molecular weight is 405 g/mol. The number of hydrogen-bond acceptors (Lipinski definition) is 10. The highest BCUT2D eigenvalue weighted by atomic mass is 16.5.